The normalized spacial score (nSPS) is 10.4. The number of nitrogens with zero attached hydrogens (tertiary/aromatic N) is 2. The van der Waals surface area contributed by atoms with E-state index in [1.54, 1.807) is 36.1 Å². The van der Waals surface area contributed by atoms with Gasteiger partial charge in [0.05, 0.1) is 12.7 Å². The van der Waals surface area contributed by atoms with Gasteiger partial charge < -0.3 is 0 Å². The molecule has 0 aliphatic carbocycles. The zero-order chi connectivity index (χ0) is 9.97. The summed E-state index contributed by atoms with van der Waals surface area (Å²) in [5.41, 5.74) is 1.32. The Labute approximate surface area is 82.0 Å². The summed E-state index contributed by atoms with van der Waals surface area (Å²) in [6, 6.07) is 8.19. The zero-order valence-corrected chi connectivity index (χ0v) is 7.87. The number of hydrogen-bond acceptors (Lipinski definition) is 1. The van der Waals surface area contributed by atoms with Crippen LogP contribution in [0.5, 0.6) is 0 Å². The van der Waals surface area contributed by atoms with Crippen molar-refractivity contribution in [3.05, 3.63) is 53.6 Å². The van der Waals surface area contributed by atoms with E-state index in [1.807, 2.05) is 6.07 Å². The number of rotatable bonds is 2. The van der Waals surface area contributed by atoms with Crippen LogP contribution in [-0.4, -0.2) is 9.78 Å². The highest BCUT2D eigenvalue weighted by Gasteiger charge is 2.04. The van der Waals surface area contributed by atoms with Crippen molar-refractivity contribution in [2.45, 2.75) is 13.5 Å². The van der Waals surface area contributed by atoms with Crippen LogP contribution in [0.1, 0.15) is 11.1 Å². The summed E-state index contributed by atoms with van der Waals surface area (Å²) in [6.07, 6.45) is 3.26. The van der Waals surface area contributed by atoms with Crippen molar-refractivity contribution in [1.82, 2.24) is 9.78 Å². The number of aryl methyl sites for hydroxylation is 1. The molecule has 0 saturated heterocycles. The van der Waals surface area contributed by atoms with E-state index in [4.69, 9.17) is 0 Å². The van der Waals surface area contributed by atoms with Gasteiger partial charge in [-0.3, -0.25) is 4.68 Å². The lowest BCUT2D eigenvalue weighted by Crippen LogP contribution is -2.03. The molecule has 1 aromatic heterocycles. The van der Waals surface area contributed by atoms with Gasteiger partial charge in [0.15, 0.2) is 0 Å². The maximum Gasteiger partial charge on any atom is 0.131 e. The van der Waals surface area contributed by atoms with Crippen LogP contribution in [-0.2, 0) is 6.54 Å². The van der Waals surface area contributed by atoms with Crippen LogP contribution in [0.4, 0.5) is 4.39 Å². The fourth-order valence-electron chi connectivity index (χ4n) is 1.35. The second-order valence-electron chi connectivity index (χ2n) is 3.19. The molecule has 0 aliphatic heterocycles. The molecule has 0 N–H and O–H groups in total. The van der Waals surface area contributed by atoms with E-state index in [0.29, 0.717) is 17.7 Å². The molecule has 0 saturated carbocycles. The predicted molar refractivity (Wildman–Crippen MR) is 51.3 cm³/mol. The molecule has 0 bridgehead atoms. The molecular weight excluding hydrogens is 179 g/mol. The number of aromatic nitrogens is 2. The maximum absolute atomic E-state index is 13.5. The van der Waals surface area contributed by atoms with Gasteiger partial charge in [-0.1, -0.05) is 18.2 Å². The minimum Gasteiger partial charge on any atom is -0.268 e. The summed E-state index contributed by atoms with van der Waals surface area (Å²) in [6.45, 7) is 2.21. The number of hydrogen-bond donors (Lipinski definition) is 0. The van der Waals surface area contributed by atoms with E-state index < -0.39 is 0 Å². The molecule has 71 valence electrons. The molecule has 0 fully saturated rings. The first-order chi connectivity index (χ1) is 6.77. The standard InChI is InChI=1S/C11H10FN2/c1-9-4-2-5-10(11(9)12)8-14-7-3-6-13-14/h2,4-7H,8H2,1H3. The van der Waals surface area contributed by atoms with Gasteiger partial charge in [0.2, 0.25) is 0 Å². The predicted octanol–water partition coefficient (Wildman–Crippen LogP) is 2.18. The first kappa shape index (κ1) is 8.94. The fourth-order valence-corrected chi connectivity index (χ4v) is 1.35. The summed E-state index contributed by atoms with van der Waals surface area (Å²) in [4.78, 5) is 0. The van der Waals surface area contributed by atoms with Gasteiger partial charge >= 0.3 is 0 Å². The highest BCUT2D eigenvalue weighted by atomic mass is 19.1. The van der Waals surface area contributed by atoms with Crippen LogP contribution in [0.2, 0.25) is 0 Å². The summed E-state index contributed by atoms with van der Waals surface area (Å²) < 4.78 is 15.2. The minimum atomic E-state index is -0.150. The lowest BCUT2D eigenvalue weighted by atomic mass is 10.1. The van der Waals surface area contributed by atoms with E-state index in [-0.39, 0.29) is 5.82 Å². The molecule has 0 amide bonds. The summed E-state index contributed by atoms with van der Waals surface area (Å²) in [5, 5.41) is 3.98. The lowest BCUT2D eigenvalue weighted by molar-refractivity contribution is 0.578. The Morgan fingerprint density at radius 1 is 1.50 bits per heavy atom. The summed E-state index contributed by atoms with van der Waals surface area (Å²) >= 11 is 0. The summed E-state index contributed by atoms with van der Waals surface area (Å²) in [5.74, 6) is -0.150. The van der Waals surface area contributed by atoms with Crippen molar-refractivity contribution in [2.75, 3.05) is 0 Å². The third kappa shape index (κ3) is 1.66. The third-order valence-corrected chi connectivity index (χ3v) is 2.11. The van der Waals surface area contributed by atoms with Crippen LogP contribution in [0.25, 0.3) is 0 Å². The van der Waals surface area contributed by atoms with Crippen molar-refractivity contribution < 1.29 is 4.39 Å². The second-order valence-corrected chi connectivity index (χ2v) is 3.19. The summed E-state index contributed by atoms with van der Waals surface area (Å²) in [7, 11) is 0. The Kier molecular flexibility index (Phi) is 2.31. The van der Waals surface area contributed by atoms with Crippen molar-refractivity contribution in [1.29, 1.82) is 0 Å². The van der Waals surface area contributed by atoms with Crippen molar-refractivity contribution in [2.24, 2.45) is 0 Å². The molecule has 2 aromatic rings. The molecule has 1 radical (unpaired) electrons. The Bertz CT molecular complexity index is 421. The fraction of sp³-hybridized carbons (Fsp3) is 0.182. The average Bonchev–Trinajstić information content (AvgIpc) is 2.66. The smallest absolute Gasteiger partial charge is 0.131 e. The highest BCUT2D eigenvalue weighted by molar-refractivity contribution is 5.24. The molecule has 0 spiro atoms. The van der Waals surface area contributed by atoms with Crippen LogP contribution in [0, 0.1) is 18.8 Å². The average molecular weight is 189 g/mol. The molecule has 3 heteroatoms. The first-order valence-corrected chi connectivity index (χ1v) is 4.40. The Hall–Kier alpha value is -1.64. The minimum absolute atomic E-state index is 0.150. The molecule has 0 atom stereocenters. The molecule has 1 heterocycles. The topological polar surface area (TPSA) is 17.8 Å². The number of halogens is 1. The zero-order valence-electron chi connectivity index (χ0n) is 7.87. The van der Waals surface area contributed by atoms with Gasteiger partial charge in [0, 0.05) is 17.8 Å². The van der Waals surface area contributed by atoms with Crippen molar-refractivity contribution in [3.8, 4) is 0 Å². The molecule has 1 aromatic carbocycles. The van der Waals surface area contributed by atoms with E-state index in [9.17, 15) is 4.39 Å². The van der Waals surface area contributed by atoms with Crippen LogP contribution in [0.15, 0.2) is 30.6 Å². The quantitative estimate of drug-likeness (QED) is 0.708. The second kappa shape index (κ2) is 3.62. The molecule has 0 unspecified atom stereocenters. The van der Waals surface area contributed by atoms with E-state index >= 15 is 0 Å². The Morgan fingerprint density at radius 3 is 3.07 bits per heavy atom. The van der Waals surface area contributed by atoms with E-state index in [2.05, 4.69) is 11.2 Å². The molecule has 2 rings (SSSR count). The van der Waals surface area contributed by atoms with Crippen LogP contribution < -0.4 is 0 Å². The van der Waals surface area contributed by atoms with Gasteiger partial charge in [-0.2, -0.15) is 5.10 Å². The molecule has 0 aliphatic rings. The molecular formula is C11H10FN2. The molecule has 2 nitrogen and oxygen atoms in total. The van der Waals surface area contributed by atoms with Crippen LogP contribution in [0.3, 0.4) is 0 Å². The lowest BCUT2D eigenvalue weighted by Gasteiger charge is -2.05. The molecule has 14 heavy (non-hydrogen) atoms. The van der Waals surface area contributed by atoms with Gasteiger partial charge in [0.25, 0.3) is 0 Å². The van der Waals surface area contributed by atoms with Gasteiger partial charge in [0.1, 0.15) is 5.82 Å². The highest BCUT2D eigenvalue weighted by Crippen LogP contribution is 2.12. The largest absolute Gasteiger partial charge is 0.268 e. The van der Waals surface area contributed by atoms with Gasteiger partial charge in [-0.05, 0) is 12.5 Å². The SMILES string of the molecule is Cc1cccc(Cn2c[c]cn2)c1F. The van der Waals surface area contributed by atoms with Gasteiger partial charge in [-0.25, -0.2) is 4.39 Å². The van der Waals surface area contributed by atoms with E-state index in [0.717, 1.165) is 0 Å². The maximum atomic E-state index is 13.5. The van der Waals surface area contributed by atoms with E-state index in [1.165, 1.54) is 0 Å². The monoisotopic (exact) mass is 189 g/mol. The first-order valence-electron chi connectivity index (χ1n) is 4.40. The Balaban J connectivity index is 2.29. The van der Waals surface area contributed by atoms with Gasteiger partial charge in [-0.15, -0.1) is 0 Å². The third-order valence-electron chi connectivity index (χ3n) is 2.11. The van der Waals surface area contributed by atoms with Crippen LogP contribution >= 0.6 is 0 Å². The van der Waals surface area contributed by atoms with Crippen molar-refractivity contribution >= 4 is 0 Å². The number of benzene rings is 1. The Morgan fingerprint density at radius 2 is 2.36 bits per heavy atom. The van der Waals surface area contributed by atoms with Crippen molar-refractivity contribution in [3.63, 3.8) is 0 Å².